The Morgan fingerprint density at radius 3 is 1.61 bits per heavy atom. The van der Waals surface area contributed by atoms with E-state index in [4.69, 9.17) is 14.6 Å². The minimum Gasteiger partial charge on any atom is -0.399 e. The van der Waals surface area contributed by atoms with E-state index in [2.05, 4.69) is 0 Å². The van der Waals surface area contributed by atoms with Gasteiger partial charge in [0.05, 0.1) is 0 Å². The third kappa shape index (κ3) is 13.2. The van der Waals surface area contributed by atoms with Crippen LogP contribution in [0, 0.1) is 0 Å². The van der Waals surface area contributed by atoms with Crippen molar-refractivity contribution < 1.29 is 8.85 Å². The summed E-state index contributed by atoms with van der Waals surface area (Å²) in [4.78, 5) is 0. The first kappa shape index (κ1) is 17.2. The molecule has 0 saturated heterocycles. The van der Waals surface area contributed by atoms with Gasteiger partial charge in [-0.1, -0.05) is 43.9 Å². The molecule has 1 saturated carbocycles. The zero-order valence-corrected chi connectivity index (χ0v) is 13.1. The molecule has 4 heteroatoms. The van der Waals surface area contributed by atoms with Crippen LogP contribution >= 0.6 is 0 Å². The highest BCUT2D eigenvalue weighted by Crippen LogP contribution is 2.15. The summed E-state index contributed by atoms with van der Waals surface area (Å²) < 4.78 is 9.98. The van der Waals surface area contributed by atoms with Crippen LogP contribution in [0.2, 0.25) is 0 Å². The summed E-state index contributed by atoms with van der Waals surface area (Å²) in [5.41, 5.74) is 6.18. The normalized spacial score (nSPS) is 12.3. The summed E-state index contributed by atoms with van der Waals surface area (Å²) in [5.74, 6) is 0. The van der Waals surface area contributed by atoms with Crippen molar-refractivity contribution in [3.63, 3.8) is 0 Å². The third-order valence-electron chi connectivity index (χ3n) is 2.37. The smallest absolute Gasteiger partial charge is 0.304 e. The van der Waals surface area contributed by atoms with Crippen LogP contribution < -0.4 is 5.73 Å². The van der Waals surface area contributed by atoms with E-state index < -0.39 is 10.0 Å². The van der Waals surface area contributed by atoms with E-state index in [0.29, 0.717) is 0 Å². The first-order valence-corrected chi connectivity index (χ1v) is 7.92. The minimum atomic E-state index is -0.589. The van der Waals surface area contributed by atoms with Crippen LogP contribution in [-0.4, -0.2) is 23.2 Å². The zero-order chi connectivity index (χ0) is 13.5. The van der Waals surface area contributed by atoms with Gasteiger partial charge in [0, 0.05) is 18.9 Å². The molecule has 0 radical (unpaired) electrons. The highest BCUT2D eigenvalue weighted by molar-refractivity contribution is 6.17. The minimum absolute atomic E-state index is 0.589. The van der Waals surface area contributed by atoms with Crippen molar-refractivity contribution in [2.24, 2.45) is 0 Å². The Balaban J connectivity index is 0.000000249. The summed E-state index contributed by atoms with van der Waals surface area (Å²) >= 11 is 0. The highest BCUT2D eigenvalue weighted by Gasteiger charge is 1.95. The molecule has 1 aromatic carbocycles. The SMILES string of the molecule is C1CCC1.CCO[SiH2]OCC.Nc1ccccc1. The van der Waals surface area contributed by atoms with Gasteiger partial charge < -0.3 is 14.6 Å². The molecule has 1 aliphatic carbocycles. The Kier molecular flexibility index (Phi) is 13.6. The molecule has 104 valence electrons. The van der Waals surface area contributed by atoms with Crippen molar-refractivity contribution in [2.75, 3.05) is 18.9 Å². The largest absolute Gasteiger partial charge is 0.399 e. The highest BCUT2D eigenvalue weighted by atomic mass is 28.3. The van der Waals surface area contributed by atoms with Crippen molar-refractivity contribution >= 4 is 15.7 Å². The van der Waals surface area contributed by atoms with Gasteiger partial charge in [0.25, 0.3) is 0 Å². The second-order valence-corrected chi connectivity index (χ2v) is 4.98. The molecule has 1 aromatic rings. The average Bonchev–Trinajstić information content (AvgIpc) is 2.29. The molecule has 0 heterocycles. The summed E-state index contributed by atoms with van der Waals surface area (Å²) in [6, 6.07) is 9.49. The fourth-order valence-corrected chi connectivity index (χ4v) is 1.38. The lowest BCUT2D eigenvalue weighted by Gasteiger charge is -2.05. The lowest BCUT2D eigenvalue weighted by molar-refractivity contribution is 0.240. The number of nitrogens with two attached hydrogens (primary N) is 1. The molecule has 2 rings (SSSR count). The summed E-state index contributed by atoms with van der Waals surface area (Å²) in [6.07, 6.45) is 6.00. The molecule has 0 aliphatic heterocycles. The van der Waals surface area contributed by atoms with Crippen molar-refractivity contribution in [3.05, 3.63) is 30.3 Å². The molecule has 3 nitrogen and oxygen atoms in total. The van der Waals surface area contributed by atoms with E-state index in [0.717, 1.165) is 18.9 Å². The van der Waals surface area contributed by atoms with Gasteiger partial charge >= 0.3 is 10.0 Å². The lowest BCUT2D eigenvalue weighted by atomic mass is 10.0. The third-order valence-corrected chi connectivity index (χ3v) is 3.52. The van der Waals surface area contributed by atoms with Gasteiger partial charge in [0.1, 0.15) is 0 Å². The Hall–Kier alpha value is -0.843. The van der Waals surface area contributed by atoms with E-state index in [1.807, 2.05) is 44.2 Å². The predicted molar refractivity (Wildman–Crippen MR) is 81.1 cm³/mol. The van der Waals surface area contributed by atoms with E-state index in [9.17, 15) is 0 Å². The Morgan fingerprint density at radius 1 is 0.944 bits per heavy atom. The summed E-state index contributed by atoms with van der Waals surface area (Å²) in [5, 5.41) is 0. The van der Waals surface area contributed by atoms with Crippen LogP contribution in [0.4, 0.5) is 5.69 Å². The summed E-state index contributed by atoms with van der Waals surface area (Å²) in [7, 11) is -0.589. The van der Waals surface area contributed by atoms with Crippen LogP contribution in [0.5, 0.6) is 0 Å². The molecule has 0 spiro atoms. The topological polar surface area (TPSA) is 44.5 Å². The quantitative estimate of drug-likeness (QED) is 0.519. The van der Waals surface area contributed by atoms with E-state index in [-0.39, 0.29) is 0 Å². The molecule has 0 amide bonds. The van der Waals surface area contributed by atoms with Crippen LogP contribution in [0.1, 0.15) is 39.5 Å². The number of anilines is 1. The number of nitrogen functional groups attached to an aromatic ring is 1. The monoisotopic (exact) mass is 269 g/mol. The van der Waals surface area contributed by atoms with Crippen molar-refractivity contribution in [1.82, 2.24) is 0 Å². The fraction of sp³-hybridized carbons (Fsp3) is 0.571. The maximum absolute atomic E-state index is 5.36. The molecule has 0 aromatic heterocycles. The molecular formula is C14H27NO2Si. The van der Waals surface area contributed by atoms with Crippen LogP contribution in [0.15, 0.2) is 30.3 Å². The van der Waals surface area contributed by atoms with Crippen LogP contribution in [0.25, 0.3) is 0 Å². The van der Waals surface area contributed by atoms with Crippen LogP contribution in [0.3, 0.4) is 0 Å². The van der Waals surface area contributed by atoms with E-state index in [1.165, 1.54) is 25.7 Å². The van der Waals surface area contributed by atoms with Crippen molar-refractivity contribution in [2.45, 2.75) is 39.5 Å². The molecular weight excluding hydrogens is 242 g/mol. The molecule has 1 aliphatic rings. The molecule has 0 unspecified atom stereocenters. The number of hydrogen-bond donors (Lipinski definition) is 1. The summed E-state index contributed by atoms with van der Waals surface area (Å²) in [6.45, 7) is 5.55. The standard InChI is InChI=1S/C6H7N.C4H12O2Si.C4H8/c7-6-4-2-1-3-5-6;1-3-5-7-6-4-2;1-2-4-3-1/h1-5H,7H2;3-4,7H2,1-2H3;1-4H2. The lowest BCUT2D eigenvalue weighted by Crippen LogP contribution is -2.02. The molecule has 0 atom stereocenters. The van der Waals surface area contributed by atoms with Gasteiger partial charge in [-0.2, -0.15) is 0 Å². The van der Waals surface area contributed by atoms with E-state index >= 15 is 0 Å². The Bertz CT molecular complexity index is 245. The second-order valence-electron chi connectivity index (χ2n) is 3.93. The van der Waals surface area contributed by atoms with Crippen LogP contribution in [-0.2, 0) is 8.85 Å². The van der Waals surface area contributed by atoms with Crippen molar-refractivity contribution in [3.8, 4) is 0 Å². The first-order valence-electron chi connectivity index (χ1n) is 6.77. The van der Waals surface area contributed by atoms with E-state index in [1.54, 1.807) is 0 Å². The zero-order valence-electron chi connectivity index (χ0n) is 11.7. The molecule has 0 bridgehead atoms. The predicted octanol–water partition coefficient (Wildman–Crippen LogP) is 2.89. The van der Waals surface area contributed by atoms with Gasteiger partial charge in [-0.25, -0.2) is 0 Å². The number of hydrogen-bond acceptors (Lipinski definition) is 3. The number of rotatable bonds is 4. The maximum atomic E-state index is 5.36. The van der Waals surface area contributed by atoms with Gasteiger partial charge in [-0.15, -0.1) is 0 Å². The van der Waals surface area contributed by atoms with Gasteiger partial charge in [-0.05, 0) is 26.0 Å². The molecule has 18 heavy (non-hydrogen) atoms. The van der Waals surface area contributed by atoms with Gasteiger partial charge in [-0.3, -0.25) is 0 Å². The number of para-hydroxylation sites is 1. The fourth-order valence-electron chi connectivity index (χ4n) is 0.929. The first-order chi connectivity index (χ1) is 8.81. The Morgan fingerprint density at radius 2 is 1.39 bits per heavy atom. The maximum Gasteiger partial charge on any atom is 0.304 e. The second kappa shape index (κ2) is 14.2. The van der Waals surface area contributed by atoms with Crippen molar-refractivity contribution in [1.29, 1.82) is 0 Å². The average molecular weight is 269 g/mol. The van der Waals surface area contributed by atoms with Gasteiger partial charge in [0.2, 0.25) is 0 Å². The Labute approximate surface area is 114 Å². The molecule has 2 N–H and O–H groups in total. The van der Waals surface area contributed by atoms with Gasteiger partial charge in [0.15, 0.2) is 0 Å². The molecule has 1 fully saturated rings. The number of benzene rings is 1.